The van der Waals surface area contributed by atoms with Crippen molar-refractivity contribution in [3.05, 3.63) is 35.4 Å². The van der Waals surface area contributed by atoms with Crippen LogP contribution in [-0.2, 0) is 0 Å². The SMILES string of the molecule is CCCC(O)c1ccc(C(N)=O)cc1. The summed E-state index contributed by atoms with van der Waals surface area (Å²) < 4.78 is 0. The summed E-state index contributed by atoms with van der Waals surface area (Å²) >= 11 is 0. The summed E-state index contributed by atoms with van der Waals surface area (Å²) in [6, 6.07) is 6.74. The summed E-state index contributed by atoms with van der Waals surface area (Å²) in [6.45, 7) is 2.01. The average Bonchev–Trinajstić information content (AvgIpc) is 2.18. The van der Waals surface area contributed by atoms with E-state index in [0.29, 0.717) is 5.56 Å². The monoisotopic (exact) mass is 193 g/mol. The van der Waals surface area contributed by atoms with Crippen LogP contribution in [0.4, 0.5) is 0 Å². The standard InChI is InChI=1S/C11H15NO2/c1-2-3-10(13)8-4-6-9(7-5-8)11(12)14/h4-7,10,13H,2-3H2,1H3,(H2,12,14). The van der Waals surface area contributed by atoms with Gasteiger partial charge in [-0.25, -0.2) is 0 Å². The molecule has 1 rings (SSSR count). The van der Waals surface area contributed by atoms with Crippen molar-refractivity contribution in [1.82, 2.24) is 0 Å². The van der Waals surface area contributed by atoms with E-state index >= 15 is 0 Å². The highest BCUT2D eigenvalue weighted by molar-refractivity contribution is 5.92. The zero-order valence-electron chi connectivity index (χ0n) is 8.23. The second-order valence-electron chi connectivity index (χ2n) is 3.29. The van der Waals surface area contributed by atoms with Gasteiger partial charge in [-0.05, 0) is 24.1 Å². The van der Waals surface area contributed by atoms with Crippen LogP contribution in [0.1, 0.15) is 41.8 Å². The first-order valence-corrected chi connectivity index (χ1v) is 4.73. The Morgan fingerprint density at radius 2 is 2.00 bits per heavy atom. The van der Waals surface area contributed by atoms with Gasteiger partial charge in [0.05, 0.1) is 6.10 Å². The minimum atomic E-state index is -0.443. The van der Waals surface area contributed by atoms with Crippen LogP contribution in [0.5, 0.6) is 0 Å². The molecule has 3 nitrogen and oxygen atoms in total. The summed E-state index contributed by atoms with van der Waals surface area (Å²) in [4.78, 5) is 10.8. The number of carbonyl (C=O) groups excluding carboxylic acids is 1. The number of primary amides is 1. The van der Waals surface area contributed by atoms with Crippen molar-refractivity contribution < 1.29 is 9.90 Å². The van der Waals surface area contributed by atoms with E-state index in [1.54, 1.807) is 24.3 Å². The second-order valence-corrected chi connectivity index (χ2v) is 3.29. The molecule has 3 heteroatoms. The van der Waals surface area contributed by atoms with Crippen LogP contribution >= 0.6 is 0 Å². The maximum absolute atomic E-state index is 10.8. The molecular formula is C11H15NO2. The molecule has 0 saturated carbocycles. The van der Waals surface area contributed by atoms with E-state index in [4.69, 9.17) is 5.73 Å². The topological polar surface area (TPSA) is 63.3 Å². The van der Waals surface area contributed by atoms with Gasteiger partial charge in [0, 0.05) is 5.56 Å². The molecule has 0 aliphatic heterocycles. The zero-order chi connectivity index (χ0) is 10.6. The van der Waals surface area contributed by atoms with Gasteiger partial charge < -0.3 is 10.8 Å². The molecule has 1 aromatic carbocycles. The molecule has 0 radical (unpaired) electrons. The minimum absolute atomic E-state index is 0.443. The molecule has 0 spiro atoms. The third-order valence-electron chi connectivity index (χ3n) is 2.14. The Balaban J connectivity index is 2.77. The molecule has 1 unspecified atom stereocenters. The molecule has 1 amide bonds. The van der Waals surface area contributed by atoms with Gasteiger partial charge in [-0.2, -0.15) is 0 Å². The number of carbonyl (C=O) groups is 1. The van der Waals surface area contributed by atoms with Crippen LogP contribution in [0.25, 0.3) is 0 Å². The van der Waals surface area contributed by atoms with Crippen molar-refractivity contribution in [2.75, 3.05) is 0 Å². The molecule has 3 N–H and O–H groups in total. The van der Waals surface area contributed by atoms with E-state index in [1.807, 2.05) is 6.92 Å². The lowest BCUT2D eigenvalue weighted by Gasteiger charge is -2.09. The summed E-state index contributed by atoms with van der Waals surface area (Å²) in [7, 11) is 0. The lowest BCUT2D eigenvalue weighted by atomic mass is 10.0. The first-order chi connectivity index (χ1) is 6.65. The number of aliphatic hydroxyl groups excluding tert-OH is 1. The van der Waals surface area contributed by atoms with E-state index in [0.717, 1.165) is 18.4 Å². The maximum Gasteiger partial charge on any atom is 0.248 e. The first kappa shape index (κ1) is 10.7. The van der Waals surface area contributed by atoms with Gasteiger partial charge in [0.1, 0.15) is 0 Å². The molecule has 0 aliphatic rings. The first-order valence-electron chi connectivity index (χ1n) is 4.73. The number of nitrogens with two attached hydrogens (primary N) is 1. The van der Waals surface area contributed by atoms with Gasteiger partial charge in [-0.1, -0.05) is 25.5 Å². The Bertz CT molecular complexity index is 306. The lowest BCUT2D eigenvalue weighted by molar-refractivity contribution is 0.1000. The van der Waals surface area contributed by atoms with Crippen LogP contribution in [-0.4, -0.2) is 11.0 Å². The molecule has 0 fully saturated rings. The van der Waals surface area contributed by atoms with Crippen molar-refractivity contribution >= 4 is 5.91 Å². The fourth-order valence-electron chi connectivity index (χ4n) is 1.31. The van der Waals surface area contributed by atoms with Crippen molar-refractivity contribution in [2.24, 2.45) is 5.73 Å². The van der Waals surface area contributed by atoms with Crippen molar-refractivity contribution in [1.29, 1.82) is 0 Å². The minimum Gasteiger partial charge on any atom is -0.388 e. The Labute approximate surface area is 83.6 Å². The Hall–Kier alpha value is -1.35. The number of hydrogen-bond acceptors (Lipinski definition) is 2. The fourth-order valence-corrected chi connectivity index (χ4v) is 1.31. The third kappa shape index (κ3) is 2.57. The predicted octanol–water partition coefficient (Wildman–Crippen LogP) is 1.62. The maximum atomic E-state index is 10.8. The Morgan fingerprint density at radius 3 is 2.43 bits per heavy atom. The summed E-state index contributed by atoms with van der Waals surface area (Å²) in [5.41, 5.74) is 6.40. The summed E-state index contributed by atoms with van der Waals surface area (Å²) in [5.74, 6) is -0.443. The highest BCUT2D eigenvalue weighted by Gasteiger charge is 2.06. The Morgan fingerprint density at radius 1 is 1.43 bits per heavy atom. The van der Waals surface area contributed by atoms with Gasteiger partial charge >= 0.3 is 0 Å². The number of aliphatic hydroxyl groups is 1. The molecular weight excluding hydrogens is 178 g/mol. The summed E-state index contributed by atoms with van der Waals surface area (Å²) in [6.07, 6.45) is 1.22. The van der Waals surface area contributed by atoms with Crippen LogP contribution in [0.3, 0.4) is 0 Å². The molecule has 0 saturated heterocycles. The number of benzene rings is 1. The molecule has 76 valence electrons. The number of hydrogen-bond donors (Lipinski definition) is 2. The smallest absolute Gasteiger partial charge is 0.248 e. The van der Waals surface area contributed by atoms with Gasteiger partial charge in [-0.3, -0.25) is 4.79 Å². The van der Waals surface area contributed by atoms with E-state index in [2.05, 4.69) is 0 Å². The van der Waals surface area contributed by atoms with Gasteiger partial charge in [0.25, 0.3) is 0 Å². The van der Waals surface area contributed by atoms with E-state index in [9.17, 15) is 9.90 Å². The van der Waals surface area contributed by atoms with E-state index in [1.165, 1.54) is 0 Å². The van der Waals surface area contributed by atoms with E-state index < -0.39 is 12.0 Å². The normalized spacial score (nSPS) is 12.4. The quantitative estimate of drug-likeness (QED) is 0.763. The predicted molar refractivity (Wildman–Crippen MR) is 54.8 cm³/mol. The molecule has 0 aliphatic carbocycles. The van der Waals surface area contributed by atoms with Crippen molar-refractivity contribution in [2.45, 2.75) is 25.9 Å². The van der Waals surface area contributed by atoms with Crippen molar-refractivity contribution in [3.8, 4) is 0 Å². The third-order valence-corrected chi connectivity index (χ3v) is 2.14. The highest BCUT2D eigenvalue weighted by Crippen LogP contribution is 2.18. The molecule has 0 heterocycles. The number of rotatable bonds is 4. The summed E-state index contributed by atoms with van der Waals surface area (Å²) in [5, 5.41) is 9.63. The second kappa shape index (κ2) is 4.77. The van der Waals surface area contributed by atoms with Crippen LogP contribution in [0.15, 0.2) is 24.3 Å². The zero-order valence-corrected chi connectivity index (χ0v) is 8.23. The molecule has 1 aromatic rings. The van der Waals surface area contributed by atoms with Crippen molar-refractivity contribution in [3.63, 3.8) is 0 Å². The van der Waals surface area contributed by atoms with Gasteiger partial charge in [0.2, 0.25) is 5.91 Å². The molecule has 1 atom stereocenters. The molecule has 14 heavy (non-hydrogen) atoms. The van der Waals surface area contributed by atoms with Gasteiger partial charge in [-0.15, -0.1) is 0 Å². The lowest BCUT2D eigenvalue weighted by Crippen LogP contribution is -2.10. The average molecular weight is 193 g/mol. The molecule has 0 bridgehead atoms. The van der Waals surface area contributed by atoms with Crippen LogP contribution < -0.4 is 5.73 Å². The molecule has 0 aromatic heterocycles. The number of amides is 1. The largest absolute Gasteiger partial charge is 0.388 e. The van der Waals surface area contributed by atoms with E-state index in [-0.39, 0.29) is 0 Å². The fraction of sp³-hybridized carbons (Fsp3) is 0.364. The highest BCUT2D eigenvalue weighted by atomic mass is 16.3. The van der Waals surface area contributed by atoms with Crippen LogP contribution in [0, 0.1) is 0 Å². The van der Waals surface area contributed by atoms with Crippen LogP contribution in [0.2, 0.25) is 0 Å². The Kier molecular flexibility index (Phi) is 3.65. The van der Waals surface area contributed by atoms with Gasteiger partial charge in [0.15, 0.2) is 0 Å².